The zero-order valence-corrected chi connectivity index (χ0v) is 36.1. The quantitative estimate of drug-likeness (QED) is 0.140. The summed E-state index contributed by atoms with van der Waals surface area (Å²) in [6.07, 6.45) is 0. The zero-order valence-electron chi connectivity index (χ0n) is 36.1. The summed E-state index contributed by atoms with van der Waals surface area (Å²) in [6, 6.07) is 90.8. The van der Waals surface area contributed by atoms with Gasteiger partial charge in [-0.2, -0.15) is 0 Å². The van der Waals surface area contributed by atoms with Crippen molar-refractivity contribution in [3.05, 3.63) is 260 Å². The first-order valence-electron chi connectivity index (χ1n) is 22.3. The molecule has 0 radical (unpaired) electrons. The lowest BCUT2D eigenvalue weighted by Crippen LogP contribution is -2.14. The van der Waals surface area contributed by atoms with Crippen LogP contribution in [0.2, 0.25) is 0 Å². The fourth-order valence-corrected chi connectivity index (χ4v) is 9.84. The molecule has 0 bridgehead atoms. The molecule has 0 heterocycles. The number of anilines is 3. The molecule has 0 aromatic heterocycles. The smallest absolute Gasteiger partial charge is 0.0546 e. The number of fused-ring (bicyclic) bond motifs is 3. The Morgan fingerprint density at radius 1 is 0.266 bits per heavy atom. The second-order valence-corrected chi connectivity index (χ2v) is 17.3. The molecule has 0 aliphatic heterocycles. The second-order valence-electron chi connectivity index (χ2n) is 17.3. The maximum Gasteiger partial charge on any atom is 0.0546 e. The zero-order chi connectivity index (χ0) is 43.0. The van der Waals surface area contributed by atoms with Crippen LogP contribution in [0, 0.1) is 0 Å². The lowest BCUT2D eigenvalue weighted by molar-refractivity contribution is 0.660. The maximum atomic E-state index is 2.44. The number of benzene rings is 10. The van der Waals surface area contributed by atoms with Crippen LogP contribution in [0.15, 0.2) is 249 Å². The highest BCUT2D eigenvalue weighted by Crippen LogP contribution is 2.51. The minimum absolute atomic E-state index is 0.0645. The van der Waals surface area contributed by atoms with Gasteiger partial charge in [0.05, 0.1) is 5.69 Å². The van der Waals surface area contributed by atoms with Gasteiger partial charge in [0.1, 0.15) is 0 Å². The standard InChI is InChI=1S/C63H47N/c1-63(2)59-27-15-14-24-56(59)57-42-37-51(43-60(57)63)48-35-40-53(41-36-48)64(52-38-33-47(34-39-52)46-31-29-45(30-32-46)44-17-6-3-7-18-44)61-28-16-26-55(50-21-10-5-11-22-50)62(61)58-25-13-12-23-54(58)49-19-8-4-9-20-49/h3-43H,1-2H3. The molecule has 1 heteroatoms. The van der Waals surface area contributed by atoms with E-state index >= 15 is 0 Å². The van der Waals surface area contributed by atoms with Gasteiger partial charge in [0.15, 0.2) is 0 Å². The van der Waals surface area contributed by atoms with Crippen molar-refractivity contribution < 1.29 is 0 Å². The van der Waals surface area contributed by atoms with E-state index in [9.17, 15) is 0 Å². The Morgan fingerprint density at radius 2 is 0.656 bits per heavy atom. The molecule has 10 aromatic rings. The van der Waals surface area contributed by atoms with Crippen LogP contribution in [-0.2, 0) is 5.41 Å². The van der Waals surface area contributed by atoms with Gasteiger partial charge < -0.3 is 4.90 Å². The first-order chi connectivity index (χ1) is 31.5. The van der Waals surface area contributed by atoms with Crippen LogP contribution in [-0.4, -0.2) is 0 Å². The number of rotatable bonds is 9. The predicted octanol–water partition coefficient (Wildman–Crippen LogP) is 17.5. The van der Waals surface area contributed by atoms with E-state index in [2.05, 4.69) is 267 Å². The van der Waals surface area contributed by atoms with Gasteiger partial charge in [0.2, 0.25) is 0 Å². The number of hydrogen-bond acceptors (Lipinski definition) is 1. The molecule has 0 saturated heterocycles. The molecule has 11 rings (SSSR count). The van der Waals surface area contributed by atoms with E-state index in [1.807, 2.05) is 0 Å². The average Bonchev–Trinajstić information content (AvgIpc) is 3.60. The Hall–Kier alpha value is -8.00. The largest absolute Gasteiger partial charge is 0.310 e. The van der Waals surface area contributed by atoms with Crippen molar-refractivity contribution in [3.8, 4) is 77.9 Å². The van der Waals surface area contributed by atoms with E-state index in [1.165, 1.54) is 89.0 Å². The van der Waals surface area contributed by atoms with E-state index < -0.39 is 0 Å². The normalized spacial score (nSPS) is 12.3. The van der Waals surface area contributed by atoms with E-state index in [-0.39, 0.29) is 5.41 Å². The molecule has 10 aromatic carbocycles. The summed E-state index contributed by atoms with van der Waals surface area (Å²) in [6.45, 7) is 4.70. The van der Waals surface area contributed by atoms with Crippen molar-refractivity contribution in [2.75, 3.05) is 4.90 Å². The Balaban J connectivity index is 1.06. The van der Waals surface area contributed by atoms with Crippen molar-refractivity contribution in [1.82, 2.24) is 0 Å². The fraction of sp³-hybridized carbons (Fsp3) is 0.0476. The molecule has 1 aliphatic carbocycles. The molecular weight excluding hydrogens is 771 g/mol. The Kier molecular flexibility index (Phi) is 9.94. The fourth-order valence-electron chi connectivity index (χ4n) is 9.84. The van der Waals surface area contributed by atoms with Crippen molar-refractivity contribution in [3.63, 3.8) is 0 Å². The van der Waals surface area contributed by atoms with Crippen molar-refractivity contribution in [1.29, 1.82) is 0 Å². The summed E-state index contributed by atoms with van der Waals surface area (Å²) in [5.41, 5.74) is 23.0. The molecule has 0 N–H and O–H groups in total. The third-order valence-electron chi connectivity index (χ3n) is 13.1. The minimum atomic E-state index is -0.0645. The molecule has 0 amide bonds. The molecular formula is C63H47N. The summed E-state index contributed by atoms with van der Waals surface area (Å²) in [5.74, 6) is 0. The van der Waals surface area contributed by atoms with Gasteiger partial charge in [-0.1, -0.05) is 226 Å². The van der Waals surface area contributed by atoms with Crippen LogP contribution in [0.5, 0.6) is 0 Å². The molecule has 1 aliphatic rings. The summed E-state index contributed by atoms with van der Waals surface area (Å²) >= 11 is 0. The molecule has 1 nitrogen and oxygen atoms in total. The highest BCUT2D eigenvalue weighted by Gasteiger charge is 2.35. The molecule has 0 saturated carbocycles. The van der Waals surface area contributed by atoms with Gasteiger partial charge in [-0.05, 0) is 120 Å². The third-order valence-corrected chi connectivity index (χ3v) is 13.1. The van der Waals surface area contributed by atoms with Crippen LogP contribution in [0.4, 0.5) is 17.1 Å². The molecule has 0 fully saturated rings. The van der Waals surface area contributed by atoms with Crippen molar-refractivity contribution >= 4 is 17.1 Å². The lowest BCUT2D eigenvalue weighted by atomic mass is 9.81. The molecule has 0 atom stereocenters. The number of nitrogens with zero attached hydrogens (tertiary/aromatic N) is 1. The highest BCUT2D eigenvalue weighted by molar-refractivity contribution is 6.01. The van der Waals surface area contributed by atoms with Gasteiger partial charge >= 0.3 is 0 Å². The summed E-state index contributed by atoms with van der Waals surface area (Å²) in [4.78, 5) is 2.44. The van der Waals surface area contributed by atoms with E-state index in [0.717, 1.165) is 17.1 Å². The predicted molar refractivity (Wildman–Crippen MR) is 271 cm³/mol. The SMILES string of the molecule is CC1(C)c2ccccc2-c2ccc(-c3ccc(N(c4ccc(-c5ccc(-c6ccccc6)cc5)cc4)c4cccc(-c5ccccc5)c4-c4ccccc4-c4ccccc4)cc3)cc21. The Labute approximate surface area is 377 Å². The van der Waals surface area contributed by atoms with Gasteiger partial charge in [0.25, 0.3) is 0 Å². The summed E-state index contributed by atoms with van der Waals surface area (Å²) in [5, 5.41) is 0. The van der Waals surface area contributed by atoms with Crippen LogP contribution in [0.3, 0.4) is 0 Å². The van der Waals surface area contributed by atoms with Crippen molar-refractivity contribution in [2.45, 2.75) is 19.3 Å². The van der Waals surface area contributed by atoms with E-state index in [0.29, 0.717) is 0 Å². The van der Waals surface area contributed by atoms with Gasteiger partial charge in [0, 0.05) is 22.4 Å². The lowest BCUT2D eigenvalue weighted by Gasteiger charge is -2.30. The monoisotopic (exact) mass is 817 g/mol. The topological polar surface area (TPSA) is 3.24 Å². The summed E-state index contributed by atoms with van der Waals surface area (Å²) in [7, 11) is 0. The van der Waals surface area contributed by atoms with Gasteiger partial charge in [-0.25, -0.2) is 0 Å². The molecule has 64 heavy (non-hydrogen) atoms. The second kappa shape index (κ2) is 16.4. The van der Waals surface area contributed by atoms with E-state index in [4.69, 9.17) is 0 Å². The van der Waals surface area contributed by atoms with Crippen LogP contribution in [0.25, 0.3) is 77.9 Å². The minimum Gasteiger partial charge on any atom is -0.310 e. The van der Waals surface area contributed by atoms with Crippen molar-refractivity contribution in [2.24, 2.45) is 0 Å². The van der Waals surface area contributed by atoms with Crippen LogP contribution < -0.4 is 4.90 Å². The third kappa shape index (κ3) is 7.02. The number of hydrogen-bond donors (Lipinski definition) is 0. The first-order valence-corrected chi connectivity index (χ1v) is 22.3. The summed E-state index contributed by atoms with van der Waals surface area (Å²) < 4.78 is 0. The highest BCUT2D eigenvalue weighted by atomic mass is 15.1. The Bertz CT molecular complexity index is 3240. The van der Waals surface area contributed by atoms with E-state index in [1.54, 1.807) is 0 Å². The molecule has 304 valence electrons. The first kappa shape index (κ1) is 38.9. The van der Waals surface area contributed by atoms with Crippen LogP contribution >= 0.6 is 0 Å². The maximum absolute atomic E-state index is 2.44. The van der Waals surface area contributed by atoms with Gasteiger partial charge in [-0.3, -0.25) is 0 Å². The molecule has 0 unspecified atom stereocenters. The Morgan fingerprint density at radius 3 is 1.23 bits per heavy atom. The van der Waals surface area contributed by atoms with Gasteiger partial charge in [-0.15, -0.1) is 0 Å². The average molecular weight is 818 g/mol. The van der Waals surface area contributed by atoms with Crippen LogP contribution in [0.1, 0.15) is 25.0 Å². The molecule has 0 spiro atoms.